The van der Waals surface area contributed by atoms with Crippen molar-refractivity contribution in [2.45, 2.75) is 6.18 Å². The second-order valence-corrected chi connectivity index (χ2v) is 7.98. The number of para-hydroxylation sites is 1. The van der Waals surface area contributed by atoms with Crippen LogP contribution in [0.1, 0.15) is 15.9 Å². The number of rotatable bonds is 5. The molecule has 0 atom stereocenters. The summed E-state index contributed by atoms with van der Waals surface area (Å²) in [7, 11) is 0.420. The Labute approximate surface area is 155 Å². The minimum absolute atomic E-state index is 0.0892. The van der Waals surface area contributed by atoms with Crippen LogP contribution in [-0.4, -0.2) is 39.8 Å². The van der Waals surface area contributed by atoms with E-state index in [1.54, 1.807) is 0 Å². The molecule has 0 heterocycles. The smallest absolute Gasteiger partial charge is 0.321 e. The summed E-state index contributed by atoms with van der Waals surface area (Å²) in [6.07, 6.45) is -4.60. The molecular formula is C17H18F3N3O3S. The number of nitrogens with zero attached hydrogens (tertiary/aromatic N) is 2. The molecule has 146 valence electrons. The van der Waals surface area contributed by atoms with E-state index in [2.05, 4.69) is 5.32 Å². The Morgan fingerprint density at radius 1 is 0.963 bits per heavy atom. The molecule has 0 aliphatic rings. The lowest BCUT2D eigenvalue weighted by Crippen LogP contribution is -2.37. The van der Waals surface area contributed by atoms with E-state index in [0.717, 1.165) is 20.7 Å². The van der Waals surface area contributed by atoms with Gasteiger partial charge in [0.25, 0.3) is 5.91 Å². The molecule has 2 rings (SSSR count). The van der Waals surface area contributed by atoms with Crippen molar-refractivity contribution in [3.63, 3.8) is 0 Å². The number of benzene rings is 2. The zero-order chi connectivity index (χ0) is 20.4. The van der Waals surface area contributed by atoms with Gasteiger partial charge in [-0.3, -0.25) is 9.10 Å². The van der Waals surface area contributed by atoms with Gasteiger partial charge in [0, 0.05) is 26.7 Å². The summed E-state index contributed by atoms with van der Waals surface area (Å²) in [5, 5.41) is 2.23. The zero-order valence-electron chi connectivity index (χ0n) is 14.8. The molecule has 2 aromatic rings. The number of carbonyl (C=O) groups is 1. The Morgan fingerprint density at radius 3 is 2.04 bits per heavy atom. The fraction of sp³-hybridized carbons (Fsp3) is 0.235. The van der Waals surface area contributed by atoms with E-state index in [0.29, 0.717) is 5.69 Å². The Balaban J connectivity index is 2.23. The lowest BCUT2D eigenvalue weighted by atomic mass is 10.1. The molecule has 0 fully saturated rings. The third-order valence-electron chi connectivity index (χ3n) is 3.78. The molecule has 0 saturated carbocycles. The molecule has 0 radical (unpaired) electrons. The van der Waals surface area contributed by atoms with Gasteiger partial charge in [-0.1, -0.05) is 12.1 Å². The molecule has 1 amide bonds. The summed E-state index contributed by atoms with van der Waals surface area (Å²) >= 11 is 0. The van der Waals surface area contributed by atoms with E-state index in [1.165, 1.54) is 57.5 Å². The van der Waals surface area contributed by atoms with Crippen molar-refractivity contribution in [3.8, 4) is 0 Å². The van der Waals surface area contributed by atoms with Crippen LogP contribution in [0.3, 0.4) is 0 Å². The van der Waals surface area contributed by atoms with Gasteiger partial charge in [-0.15, -0.1) is 0 Å². The average molecular weight is 401 g/mol. The number of nitrogens with one attached hydrogen (secondary N) is 1. The molecule has 0 bridgehead atoms. The lowest BCUT2D eigenvalue weighted by Gasteiger charge is -2.23. The molecule has 1 N–H and O–H groups in total. The normalized spacial score (nSPS) is 12.1. The zero-order valence-corrected chi connectivity index (χ0v) is 15.6. The predicted molar refractivity (Wildman–Crippen MR) is 96.8 cm³/mol. The van der Waals surface area contributed by atoms with Crippen molar-refractivity contribution in [2.24, 2.45) is 0 Å². The van der Waals surface area contributed by atoms with Crippen molar-refractivity contribution in [2.75, 3.05) is 30.8 Å². The standard InChI is InChI=1S/C17H18F3N3O3S/c1-22(2)27(25,26)23(3)13-10-8-12(9-11-13)16(24)21-15-7-5-4-6-14(15)17(18,19)20/h4-11H,1-3H3,(H,21,24). The van der Waals surface area contributed by atoms with E-state index >= 15 is 0 Å². The van der Waals surface area contributed by atoms with Crippen LogP contribution in [-0.2, 0) is 16.4 Å². The number of hydrogen-bond donors (Lipinski definition) is 1. The quantitative estimate of drug-likeness (QED) is 0.837. The molecule has 27 heavy (non-hydrogen) atoms. The number of halogens is 3. The minimum atomic E-state index is -4.60. The van der Waals surface area contributed by atoms with Crippen molar-refractivity contribution >= 4 is 27.5 Å². The van der Waals surface area contributed by atoms with Gasteiger partial charge in [-0.05, 0) is 36.4 Å². The summed E-state index contributed by atoms with van der Waals surface area (Å²) in [5.74, 6) is -0.739. The molecule has 0 saturated heterocycles. The molecule has 6 nitrogen and oxygen atoms in total. The average Bonchev–Trinajstić information content (AvgIpc) is 2.60. The van der Waals surface area contributed by atoms with Gasteiger partial charge in [0.2, 0.25) is 0 Å². The first-order chi connectivity index (χ1) is 12.4. The maximum atomic E-state index is 13.0. The summed E-state index contributed by atoms with van der Waals surface area (Å²) in [5.41, 5.74) is -0.916. The molecule has 0 aliphatic heterocycles. The fourth-order valence-electron chi connectivity index (χ4n) is 2.23. The molecular weight excluding hydrogens is 383 g/mol. The first-order valence-electron chi connectivity index (χ1n) is 7.68. The Hall–Kier alpha value is -2.59. The number of hydrogen-bond acceptors (Lipinski definition) is 3. The van der Waals surface area contributed by atoms with Crippen molar-refractivity contribution in [1.29, 1.82) is 0 Å². The van der Waals surface area contributed by atoms with Crippen LogP contribution in [0.2, 0.25) is 0 Å². The third kappa shape index (κ3) is 4.58. The second kappa shape index (κ2) is 7.57. The highest BCUT2D eigenvalue weighted by molar-refractivity contribution is 7.90. The molecule has 0 aliphatic carbocycles. The summed E-state index contributed by atoms with van der Waals surface area (Å²) < 4.78 is 65.2. The number of carbonyl (C=O) groups excluding carboxylic acids is 1. The predicted octanol–water partition coefficient (Wildman–Crippen LogP) is 3.20. The van der Waals surface area contributed by atoms with E-state index in [-0.39, 0.29) is 11.3 Å². The van der Waals surface area contributed by atoms with Crippen molar-refractivity contribution in [3.05, 3.63) is 59.7 Å². The molecule has 10 heteroatoms. The van der Waals surface area contributed by atoms with Crippen molar-refractivity contribution in [1.82, 2.24) is 4.31 Å². The highest BCUT2D eigenvalue weighted by Crippen LogP contribution is 2.34. The topological polar surface area (TPSA) is 69.7 Å². The fourth-order valence-corrected chi connectivity index (χ4v) is 3.11. The van der Waals surface area contributed by atoms with Crippen LogP contribution in [0.4, 0.5) is 24.5 Å². The highest BCUT2D eigenvalue weighted by Gasteiger charge is 2.33. The van der Waals surface area contributed by atoms with Gasteiger partial charge < -0.3 is 5.32 Å². The van der Waals surface area contributed by atoms with Crippen LogP contribution in [0.15, 0.2) is 48.5 Å². The Morgan fingerprint density at radius 2 is 1.52 bits per heavy atom. The van der Waals surface area contributed by atoms with Crippen LogP contribution in [0, 0.1) is 0 Å². The molecule has 0 unspecified atom stereocenters. The second-order valence-electron chi connectivity index (χ2n) is 5.80. The SMILES string of the molecule is CN(C)S(=O)(=O)N(C)c1ccc(C(=O)Nc2ccccc2C(F)(F)F)cc1. The minimum Gasteiger partial charge on any atom is -0.321 e. The number of amides is 1. The van der Waals surface area contributed by atoms with Crippen LogP contribution in [0.25, 0.3) is 0 Å². The molecule has 0 spiro atoms. The van der Waals surface area contributed by atoms with Gasteiger partial charge in [0.05, 0.1) is 16.9 Å². The lowest BCUT2D eigenvalue weighted by molar-refractivity contribution is -0.136. The van der Waals surface area contributed by atoms with Crippen molar-refractivity contribution < 1.29 is 26.4 Å². The van der Waals surface area contributed by atoms with Gasteiger partial charge in [0.1, 0.15) is 0 Å². The third-order valence-corrected chi connectivity index (χ3v) is 5.61. The van der Waals surface area contributed by atoms with E-state index in [4.69, 9.17) is 0 Å². The van der Waals surface area contributed by atoms with Gasteiger partial charge in [-0.2, -0.15) is 25.9 Å². The summed E-state index contributed by atoms with van der Waals surface area (Å²) in [4.78, 5) is 12.3. The van der Waals surface area contributed by atoms with E-state index < -0.39 is 27.9 Å². The Kier molecular flexibility index (Phi) is 5.81. The van der Waals surface area contributed by atoms with Gasteiger partial charge in [-0.25, -0.2) is 0 Å². The van der Waals surface area contributed by atoms with E-state index in [9.17, 15) is 26.4 Å². The van der Waals surface area contributed by atoms with Gasteiger partial charge in [0.15, 0.2) is 0 Å². The van der Waals surface area contributed by atoms with Crippen LogP contribution < -0.4 is 9.62 Å². The summed E-state index contributed by atoms with van der Waals surface area (Å²) in [6, 6.07) is 10.1. The number of anilines is 2. The monoisotopic (exact) mass is 401 g/mol. The van der Waals surface area contributed by atoms with Gasteiger partial charge >= 0.3 is 16.4 Å². The van der Waals surface area contributed by atoms with E-state index in [1.807, 2.05) is 0 Å². The summed E-state index contributed by atoms with van der Waals surface area (Å²) in [6.45, 7) is 0. The van der Waals surface area contributed by atoms with Crippen LogP contribution >= 0.6 is 0 Å². The van der Waals surface area contributed by atoms with Crippen LogP contribution in [0.5, 0.6) is 0 Å². The maximum absolute atomic E-state index is 13.0. The molecule has 2 aromatic carbocycles. The Bertz CT molecular complexity index is 926. The number of alkyl halides is 3. The largest absolute Gasteiger partial charge is 0.418 e. The maximum Gasteiger partial charge on any atom is 0.418 e. The first kappa shape index (κ1) is 20.7. The highest BCUT2D eigenvalue weighted by atomic mass is 32.2. The molecule has 0 aromatic heterocycles. The first-order valence-corrected chi connectivity index (χ1v) is 9.08.